The molecule has 1 aliphatic heterocycles. The van der Waals surface area contributed by atoms with Gasteiger partial charge in [-0.3, -0.25) is 14.4 Å². The largest absolute Gasteiger partial charge is 0.497 e. The maximum atomic E-state index is 13.9. The Morgan fingerprint density at radius 1 is 0.811 bits per heavy atom. The molecule has 0 aliphatic carbocycles. The number of benzene rings is 1. The van der Waals surface area contributed by atoms with Crippen molar-refractivity contribution in [3.63, 3.8) is 0 Å². The second kappa shape index (κ2) is 12.4. The van der Waals surface area contributed by atoms with Crippen molar-refractivity contribution in [1.29, 1.82) is 0 Å². The minimum Gasteiger partial charge on any atom is -0.497 e. The molecule has 37 heavy (non-hydrogen) atoms. The monoisotopic (exact) mass is 535 g/mol. The predicted octanol–water partition coefficient (Wildman–Crippen LogP) is 2.00. The average molecular weight is 535 g/mol. The van der Waals surface area contributed by atoms with Crippen molar-refractivity contribution >= 4 is 35.5 Å². The Morgan fingerprint density at radius 2 is 1.32 bits per heavy atom. The van der Waals surface area contributed by atoms with Gasteiger partial charge in [-0.25, -0.2) is 9.79 Å². The van der Waals surface area contributed by atoms with Gasteiger partial charge in [-0.05, 0) is 24.3 Å². The lowest BCUT2D eigenvalue weighted by Crippen LogP contribution is -2.64. The number of alkyl halides is 3. The van der Waals surface area contributed by atoms with Crippen molar-refractivity contribution in [2.24, 2.45) is 4.99 Å². The van der Waals surface area contributed by atoms with Crippen LogP contribution in [0, 0.1) is 0 Å². The Bertz CT molecular complexity index is 1030. The van der Waals surface area contributed by atoms with Crippen LogP contribution in [0.3, 0.4) is 0 Å². The summed E-state index contributed by atoms with van der Waals surface area (Å²) in [5.74, 6) is -5.74. The molecule has 1 aromatic carbocycles. The zero-order chi connectivity index (χ0) is 27.9. The highest BCUT2D eigenvalue weighted by Gasteiger charge is 2.57. The van der Waals surface area contributed by atoms with E-state index >= 15 is 0 Å². The summed E-state index contributed by atoms with van der Waals surface area (Å²) in [7, 11) is 2.29. The Balaban J connectivity index is 2.59. The highest BCUT2D eigenvalue weighted by molar-refractivity contribution is 5.85. The summed E-state index contributed by atoms with van der Waals surface area (Å²) in [4.78, 5) is 51.1. The first kappa shape index (κ1) is 29.4. The molecule has 1 aromatic rings. The molecule has 5 atom stereocenters. The topological polar surface area (TPSA) is 145 Å². The summed E-state index contributed by atoms with van der Waals surface area (Å²) in [6.07, 6.45) is -14.9. The van der Waals surface area contributed by atoms with Crippen LogP contribution in [0.4, 0.5) is 18.9 Å². The first-order valence-electron chi connectivity index (χ1n) is 10.5. The molecule has 0 bridgehead atoms. The van der Waals surface area contributed by atoms with E-state index in [1.165, 1.54) is 31.4 Å². The Hall–Kier alpha value is -3.88. The Kier molecular flexibility index (Phi) is 9.82. The van der Waals surface area contributed by atoms with Gasteiger partial charge in [0, 0.05) is 20.8 Å². The number of ether oxygens (including phenoxy) is 7. The second-order valence-corrected chi connectivity index (χ2v) is 7.40. The molecular formula is C22H24F3NO11. The number of halogens is 3. The van der Waals surface area contributed by atoms with Gasteiger partial charge in [-0.1, -0.05) is 0 Å². The second-order valence-electron chi connectivity index (χ2n) is 7.40. The van der Waals surface area contributed by atoms with E-state index in [0.717, 1.165) is 27.9 Å². The number of nitrogens with zero attached hydrogens (tertiary/aromatic N) is 1. The molecule has 0 saturated carbocycles. The smallest absolute Gasteiger partial charge is 0.468 e. The van der Waals surface area contributed by atoms with Gasteiger partial charge in [0.05, 0.1) is 19.9 Å². The van der Waals surface area contributed by atoms with Gasteiger partial charge in [0.25, 0.3) is 5.90 Å². The fourth-order valence-electron chi connectivity index (χ4n) is 3.22. The standard InChI is InChI=1S/C22H24F3NO11/c1-10(27)33-15-16(34-11(2)28)18(35-12(3)29)20(36-17(15)19(30)32-5)37-21(22(23,24)25)26-13-6-8-14(31-4)9-7-13/h6-9,15-18,20H,1-5H3/t15-,16-,17-,18+,20-/m0/s1. The lowest BCUT2D eigenvalue weighted by molar-refractivity contribution is -0.288. The van der Waals surface area contributed by atoms with E-state index in [2.05, 4.69) is 9.73 Å². The minimum atomic E-state index is -5.20. The van der Waals surface area contributed by atoms with Crippen molar-refractivity contribution in [1.82, 2.24) is 0 Å². The molecule has 0 spiro atoms. The predicted molar refractivity (Wildman–Crippen MR) is 115 cm³/mol. The van der Waals surface area contributed by atoms with Crippen LogP contribution in [0.2, 0.25) is 0 Å². The van der Waals surface area contributed by atoms with Crippen LogP contribution in [-0.4, -0.2) is 80.9 Å². The molecule has 0 unspecified atom stereocenters. The summed E-state index contributed by atoms with van der Waals surface area (Å²) >= 11 is 0. The van der Waals surface area contributed by atoms with Crippen LogP contribution in [-0.2, 0) is 47.6 Å². The highest BCUT2D eigenvalue weighted by Crippen LogP contribution is 2.33. The van der Waals surface area contributed by atoms with E-state index in [-0.39, 0.29) is 5.69 Å². The van der Waals surface area contributed by atoms with Crippen LogP contribution < -0.4 is 4.74 Å². The molecule has 1 heterocycles. The van der Waals surface area contributed by atoms with Crippen molar-refractivity contribution < 1.29 is 65.5 Å². The lowest BCUT2D eigenvalue weighted by Gasteiger charge is -2.43. The van der Waals surface area contributed by atoms with Crippen LogP contribution in [0.5, 0.6) is 5.75 Å². The van der Waals surface area contributed by atoms with Crippen molar-refractivity contribution in [3.8, 4) is 5.75 Å². The molecule has 0 N–H and O–H groups in total. The van der Waals surface area contributed by atoms with Gasteiger partial charge in [0.15, 0.2) is 18.3 Å². The van der Waals surface area contributed by atoms with E-state index in [1.54, 1.807) is 0 Å². The molecular weight excluding hydrogens is 511 g/mol. The quantitative estimate of drug-likeness (QED) is 0.219. The molecule has 0 aromatic heterocycles. The third kappa shape index (κ3) is 8.06. The van der Waals surface area contributed by atoms with E-state index < -0.39 is 66.7 Å². The normalized spacial score (nSPS) is 23.9. The maximum Gasteiger partial charge on any atom is 0.468 e. The number of aliphatic imine (C=N–C) groups is 1. The average Bonchev–Trinajstić information content (AvgIpc) is 2.80. The molecule has 0 amide bonds. The number of hydrogen-bond donors (Lipinski definition) is 0. The number of rotatable bonds is 7. The summed E-state index contributed by atoms with van der Waals surface area (Å²) in [6.45, 7) is 2.79. The molecule has 12 nitrogen and oxygen atoms in total. The molecule has 2 rings (SSSR count). The van der Waals surface area contributed by atoms with E-state index in [9.17, 15) is 32.3 Å². The number of carbonyl (C=O) groups is 4. The number of carbonyl (C=O) groups excluding carboxylic acids is 4. The zero-order valence-electron chi connectivity index (χ0n) is 20.3. The molecule has 0 radical (unpaired) electrons. The summed E-state index contributed by atoms with van der Waals surface area (Å²) in [6, 6.07) is 5.10. The SMILES string of the molecule is COC(=O)[C@H]1O[C@@H](OC(=Nc2ccc(OC)cc2)C(F)(F)F)[C@H](OC(C)=O)[C@@H](OC(C)=O)[C@@H]1OC(C)=O. The highest BCUT2D eigenvalue weighted by atomic mass is 19.4. The van der Waals surface area contributed by atoms with E-state index in [1.807, 2.05) is 0 Å². The van der Waals surface area contributed by atoms with Gasteiger partial charge >= 0.3 is 30.1 Å². The van der Waals surface area contributed by atoms with E-state index in [0.29, 0.717) is 5.75 Å². The van der Waals surface area contributed by atoms with E-state index in [4.69, 9.17) is 28.4 Å². The first-order valence-corrected chi connectivity index (χ1v) is 10.5. The zero-order valence-corrected chi connectivity index (χ0v) is 20.3. The van der Waals surface area contributed by atoms with Crippen molar-refractivity contribution in [2.75, 3.05) is 14.2 Å². The molecule has 15 heteroatoms. The van der Waals surface area contributed by atoms with Gasteiger partial charge in [0.1, 0.15) is 5.75 Å². The third-order valence-electron chi connectivity index (χ3n) is 4.61. The molecule has 1 aliphatic rings. The molecule has 204 valence electrons. The van der Waals surface area contributed by atoms with Crippen LogP contribution >= 0.6 is 0 Å². The lowest BCUT2D eigenvalue weighted by atomic mass is 9.97. The minimum absolute atomic E-state index is 0.202. The van der Waals surface area contributed by atoms with Gasteiger partial charge in [-0.15, -0.1) is 0 Å². The molecule has 1 saturated heterocycles. The number of hydrogen-bond acceptors (Lipinski definition) is 12. The van der Waals surface area contributed by atoms with Crippen molar-refractivity contribution in [2.45, 2.75) is 57.7 Å². The number of methoxy groups -OCH3 is 2. The fourth-order valence-corrected chi connectivity index (χ4v) is 3.22. The summed E-state index contributed by atoms with van der Waals surface area (Å²) in [5.41, 5.74) is -0.202. The maximum absolute atomic E-state index is 13.9. The van der Waals surface area contributed by atoms with Crippen LogP contribution in [0.25, 0.3) is 0 Å². The van der Waals surface area contributed by atoms with Crippen molar-refractivity contribution in [3.05, 3.63) is 24.3 Å². The Labute approximate surface area is 208 Å². The third-order valence-corrected chi connectivity index (χ3v) is 4.61. The first-order chi connectivity index (χ1) is 17.3. The number of esters is 4. The summed E-state index contributed by atoms with van der Waals surface area (Å²) in [5, 5.41) is 0. The summed E-state index contributed by atoms with van der Waals surface area (Å²) < 4.78 is 76.7. The van der Waals surface area contributed by atoms with Crippen LogP contribution in [0.1, 0.15) is 20.8 Å². The van der Waals surface area contributed by atoms with Gasteiger partial charge < -0.3 is 33.2 Å². The fraction of sp³-hybridized carbons (Fsp3) is 0.500. The van der Waals surface area contributed by atoms with Crippen LogP contribution in [0.15, 0.2) is 29.3 Å². The molecule has 1 fully saturated rings. The van der Waals surface area contributed by atoms with Gasteiger partial charge in [0.2, 0.25) is 12.4 Å². The Morgan fingerprint density at radius 3 is 1.78 bits per heavy atom. The van der Waals surface area contributed by atoms with Gasteiger partial charge in [-0.2, -0.15) is 13.2 Å².